The lowest BCUT2D eigenvalue weighted by Crippen LogP contribution is -2.17. The van der Waals surface area contributed by atoms with Crippen LogP contribution in [0.25, 0.3) is 65.9 Å². The lowest BCUT2D eigenvalue weighted by Gasteiger charge is -2.19. The van der Waals surface area contributed by atoms with Gasteiger partial charge in [0.25, 0.3) is 19.1 Å². The predicted octanol–water partition coefficient (Wildman–Crippen LogP) is 17.5. The number of hydrogen-bond acceptors (Lipinski definition) is 17. The van der Waals surface area contributed by atoms with Crippen molar-refractivity contribution in [3.05, 3.63) is 270 Å². The zero-order chi connectivity index (χ0) is 77.4. The highest BCUT2D eigenvalue weighted by Gasteiger charge is 2.22. The highest BCUT2D eigenvalue weighted by atomic mass is 35.7. The number of aryl methyl sites for hydroxylation is 2. The second-order valence-electron chi connectivity index (χ2n) is 25.4. The summed E-state index contributed by atoms with van der Waals surface area (Å²) < 4.78 is 121. The van der Waals surface area contributed by atoms with Crippen molar-refractivity contribution in [2.24, 2.45) is 5.84 Å². The van der Waals surface area contributed by atoms with Crippen molar-refractivity contribution in [3.63, 3.8) is 0 Å². The maximum atomic E-state index is 14.2. The summed E-state index contributed by atoms with van der Waals surface area (Å²) in [6.45, 7) is 17.4. The minimum atomic E-state index is -3.85. The Hall–Kier alpha value is -11.5. The molecule has 0 saturated carbocycles. The number of nitrogens with two attached hydrogens (primary N) is 3. The van der Waals surface area contributed by atoms with E-state index in [-0.39, 0.29) is 67.4 Å². The zero-order valence-corrected chi connectivity index (χ0v) is 61.8. The first kappa shape index (κ1) is 80.2. The Balaban J connectivity index is 0.000000164. The van der Waals surface area contributed by atoms with Crippen LogP contribution < -0.4 is 27.5 Å². The largest absolute Gasteiger partial charge is 0.398 e. The molecule has 106 heavy (non-hydrogen) atoms. The van der Waals surface area contributed by atoms with E-state index in [2.05, 4.69) is 86.8 Å². The number of ketones is 1. The number of nitrogen functional groups attached to an aromatic ring is 3. The number of benzene rings is 7. The van der Waals surface area contributed by atoms with E-state index < -0.39 is 24.9 Å². The van der Waals surface area contributed by atoms with Crippen molar-refractivity contribution in [1.82, 2.24) is 44.5 Å². The van der Waals surface area contributed by atoms with E-state index in [1.165, 1.54) is 78.9 Å². The molecule has 0 amide bonds. The number of sulfonamides is 1. The van der Waals surface area contributed by atoms with Gasteiger partial charge >= 0.3 is 0 Å². The molecule has 7 heterocycles. The molecule has 8 N–H and O–H groups in total. The number of hydrogen-bond donors (Lipinski definition) is 5. The molecule has 0 bridgehead atoms. The number of carbonyl (C=O) groups excluding carboxylic acids is 1. The average molecular weight is 1520 g/mol. The number of Topliss-reactive ketones (excluding diaryl/α,β-unsaturated/α-hetero) is 1. The number of halogens is 7. The number of nitrogens with one attached hydrogen (secondary N) is 2. The molecule has 14 aromatic rings. The Bertz CT molecular complexity index is 5600. The van der Waals surface area contributed by atoms with Gasteiger partial charge in [-0.05, 0) is 128 Å². The number of para-hydroxylation sites is 5. The molecule has 0 unspecified atom stereocenters. The van der Waals surface area contributed by atoms with Gasteiger partial charge in [0.15, 0.2) is 0 Å². The maximum Gasteiger partial charge on any atom is 0.263 e. The molecule has 7 aromatic carbocycles. The Morgan fingerprint density at radius 3 is 1.29 bits per heavy atom. The maximum absolute atomic E-state index is 14.2. The molecule has 20 nitrogen and oxygen atoms in total. The number of anilines is 4. The number of carbonyl (C=O) groups is 1. The zero-order valence-electron chi connectivity index (χ0n) is 58.6. The van der Waals surface area contributed by atoms with Crippen molar-refractivity contribution in [1.29, 1.82) is 5.26 Å². The van der Waals surface area contributed by atoms with E-state index in [0.717, 1.165) is 22.5 Å². The van der Waals surface area contributed by atoms with E-state index in [1.54, 1.807) is 151 Å². The van der Waals surface area contributed by atoms with Crippen LogP contribution >= 0.6 is 22.3 Å². The van der Waals surface area contributed by atoms with E-state index in [1.807, 2.05) is 19.1 Å². The summed E-state index contributed by atoms with van der Waals surface area (Å²) in [5.41, 5.74) is 21.5. The highest BCUT2D eigenvalue weighted by Crippen LogP contribution is 2.31. The van der Waals surface area contributed by atoms with Gasteiger partial charge < -0.3 is 16.9 Å². The topological polar surface area (TPSA) is 311 Å². The molecule has 0 spiro atoms. The van der Waals surface area contributed by atoms with Gasteiger partial charge in [0, 0.05) is 86.4 Å². The fraction of sp³-hybridized carbons (Fsp3) is 0.156. The second-order valence-corrected chi connectivity index (χ2v) is 30.0. The summed E-state index contributed by atoms with van der Waals surface area (Å²) >= 11 is 5.82. The van der Waals surface area contributed by atoms with Gasteiger partial charge in [-0.15, -0.1) is 0 Å². The van der Waals surface area contributed by atoms with Crippen LogP contribution in [-0.4, -0.2) is 67.1 Å². The Kier molecular flexibility index (Phi) is 26.3. The molecule has 546 valence electrons. The Morgan fingerprint density at radius 2 is 0.887 bits per heavy atom. The number of aromatic nitrogens is 9. The number of pyridine rings is 5. The number of fused-ring (bicyclic) bond motifs is 5. The standard InChI is InChI=1S/C23H23FN4O2S.C13H11FN4.C10H13ClO2S.C9H5ClFN.C9H8FN3.C9H7FN2.C4H5NO/c1-15-14-21(27-31(29,30)17-10-8-16(9-11-17)23(2,3)4)28(26-15)20-12-13-25-22-18(20)6-5-7-19(22)24;1-8-7-12(15)18(17-8)11-5-6-16-13-9(11)3-2-4-10(13)14;1-10(2,3)8-4-6-9(7-5-8)14(11,12)13;10-7-4-5-12-9-6(7)2-1-3-8(9)11;10-7-3-1-2-6-8(13-11)4-5-12-9(6)7;10-7-3-1-2-6-8(11)4-5-12-9(6)7;1-4(6)2-3-5/h5-14,27H,1-4H3;2-7H,15H2,1H3;4-7H,1-3H3;1-5H;1-5H,11H2,(H,12,13);1-5H,(H2,11,12);2H2,1H3. The fourth-order valence-corrected chi connectivity index (χ4v) is 12.2. The first-order valence-electron chi connectivity index (χ1n) is 32.1. The first-order chi connectivity index (χ1) is 50.1. The number of hydrazine groups is 1. The summed E-state index contributed by atoms with van der Waals surface area (Å²) in [5.74, 6) is 4.16. The molecular weight excluding hydrogens is 1440 g/mol. The van der Waals surface area contributed by atoms with Gasteiger partial charge in [0.1, 0.15) is 74.1 Å². The molecule has 0 radical (unpaired) electrons. The Labute approximate surface area is 618 Å². The quantitative estimate of drug-likeness (QED) is 0.0408. The number of nitriles is 1. The first-order valence-corrected chi connectivity index (χ1v) is 36.3. The van der Waals surface area contributed by atoms with Crippen molar-refractivity contribution >= 4 is 125 Å². The van der Waals surface area contributed by atoms with Gasteiger partial charge in [-0.3, -0.25) is 40.3 Å². The molecule has 0 aliphatic heterocycles. The third kappa shape index (κ3) is 20.5. The van der Waals surface area contributed by atoms with Crippen LogP contribution in [0.15, 0.2) is 223 Å². The van der Waals surface area contributed by atoms with Crippen LogP contribution in [0.2, 0.25) is 5.02 Å². The monoisotopic (exact) mass is 1520 g/mol. The lowest BCUT2D eigenvalue weighted by atomic mass is 9.87. The average Bonchev–Trinajstić information content (AvgIpc) is 1.61. The summed E-state index contributed by atoms with van der Waals surface area (Å²) in [5, 5.41) is 20.2. The van der Waals surface area contributed by atoms with Crippen LogP contribution in [0.3, 0.4) is 0 Å². The van der Waals surface area contributed by atoms with Crippen LogP contribution in [0.4, 0.5) is 45.0 Å². The molecule has 0 fully saturated rings. The molecule has 29 heteroatoms. The molecule has 14 rings (SSSR count). The normalized spacial score (nSPS) is 11.2. The van der Waals surface area contributed by atoms with Crippen LogP contribution in [-0.2, 0) is 34.7 Å². The number of nitrogens with zero attached hydrogens (tertiary/aromatic N) is 10. The molecule has 0 aliphatic rings. The van der Waals surface area contributed by atoms with Crippen molar-refractivity contribution < 1.29 is 43.6 Å². The van der Waals surface area contributed by atoms with E-state index in [0.29, 0.717) is 82.6 Å². The molecule has 7 aromatic heterocycles. The summed E-state index contributed by atoms with van der Waals surface area (Å²) in [4.78, 5) is 29.9. The minimum Gasteiger partial charge on any atom is -0.398 e. The van der Waals surface area contributed by atoms with Gasteiger partial charge in [0.2, 0.25) is 0 Å². The van der Waals surface area contributed by atoms with E-state index >= 15 is 0 Å². The van der Waals surface area contributed by atoms with E-state index in [4.69, 9.17) is 44.9 Å². The lowest BCUT2D eigenvalue weighted by molar-refractivity contribution is -0.116. The predicted molar refractivity (Wildman–Crippen MR) is 409 cm³/mol. The van der Waals surface area contributed by atoms with Gasteiger partial charge in [-0.25, -0.2) is 48.2 Å². The van der Waals surface area contributed by atoms with Crippen LogP contribution in [0.5, 0.6) is 0 Å². The van der Waals surface area contributed by atoms with Gasteiger partial charge in [-0.1, -0.05) is 138 Å². The molecule has 0 aliphatic carbocycles. The SMILES string of the molecule is CC(=O)CC#N.CC(C)(C)c1ccc(S(=O)(=O)Cl)cc1.Cc1cc(N)n(-c2ccnc3c(F)cccc23)n1.Cc1cc(NS(=O)(=O)c2ccc(C(C)(C)C)cc2)n(-c2ccnc3c(F)cccc23)n1.Fc1cccc2c(Cl)ccnc12.NNc1ccnc2c(F)cccc12.Nc1ccnc2c(F)cccc12. The van der Waals surface area contributed by atoms with Crippen molar-refractivity contribution in [3.8, 4) is 17.4 Å². The summed E-state index contributed by atoms with van der Waals surface area (Å²) in [6, 6.07) is 50.7. The number of rotatable bonds is 8. The second kappa shape index (κ2) is 34.8. The smallest absolute Gasteiger partial charge is 0.263 e. The van der Waals surface area contributed by atoms with Gasteiger partial charge in [-0.2, -0.15) is 15.5 Å². The Morgan fingerprint density at radius 1 is 0.509 bits per heavy atom. The summed E-state index contributed by atoms with van der Waals surface area (Å²) in [6.07, 6.45) is 7.58. The summed E-state index contributed by atoms with van der Waals surface area (Å²) in [7, 11) is -2.25. The molecule has 0 atom stereocenters. The van der Waals surface area contributed by atoms with Gasteiger partial charge in [0.05, 0.1) is 55.8 Å². The highest BCUT2D eigenvalue weighted by molar-refractivity contribution is 8.13. The molecular formula is C77H72Cl2F5N15O5S2. The molecule has 0 saturated heterocycles. The van der Waals surface area contributed by atoms with Crippen molar-refractivity contribution in [2.45, 2.75) is 89.4 Å². The van der Waals surface area contributed by atoms with Crippen molar-refractivity contribution in [2.75, 3.05) is 21.6 Å². The fourth-order valence-electron chi connectivity index (χ4n) is 10.2. The van der Waals surface area contributed by atoms with E-state index in [9.17, 15) is 43.6 Å². The third-order valence-corrected chi connectivity index (χ3v) is 18.5. The third-order valence-electron chi connectivity index (χ3n) is 15.4. The minimum absolute atomic E-state index is 0.0224. The van der Waals surface area contributed by atoms with Crippen LogP contribution in [0.1, 0.15) is 77.4 Å². The van der Waals surface area contributed by atoms with Crippen LogP contribution in [0, 0.1) is 54.3 Å².